The van der Waals surface area contributed by atoms with Crippen molar-refractivity contribution in [2.75, 3.05) is 0 Å². The van der Waals surface area contributed by atoms with Gasteiger partial charge in [-0.2, -0.15) is 13.2 Å². The van der Waals surface area contributed by atoms with Crippen LogP contribution >= 0.6 is 0 Å². The minimum absolute atomic E-state index is 0.0949. The van der Waals surface area contributed by atoms with Crippen molar-refractivity contribution in [2.45, 2.75) is 46.7 Å². The summed E-state index contributed by atoms with van der Waals surface area (Å²) in [6, 6.07) is 0. The van der Waals surface area contributed by atoms with Crippen LogP contribution in [0, 0.1) is 23.2 Å². The molecule has 3 rings (SSSR count). The summed E-state index contributed by atoms with van der Waals surface area (Å²) < 4.78 is 37.8. The summed E-state index contributed by atoms with van der Waals surface area (Å²) in [6.07, 6.45) is -2.42. The molecule has 3 fully saturated rings. The summed E-state index contributed by atoms with van der Waals surface area (Å²) >= 11 is 0. The molecule has 84 valence electrons. The fraction of sp³-hybridized carbons (Fsp3) is 1.00. The van der Waals surface area contributed by atoms with Gasteiger partial charge in [0, 0.05) is 0 Å². The van der Waals surface area contributed by atoms with Crippen LogP contribution in [0.3, 0.4) is 0 Å². The highest BCUT2D eigenvalue weighted by atomic mass is 19.4. The van der Waals surface area contributed by atoms with E-state index in [1.807, 2.05) is 20.8 Å². The van der Waals surface area contributed by atoms with Crippen LogP contribution in [0.2, 0.25) is 0 Å². The molecular weight excluding hydrogens is 189 g/mol. The molecule has 0 N–H and O–H groups in total. The largest absolute Gasteiger partial charge is 0.394 e. The number of hydrogen-bond acceptors (Lipinski definition) is 0. The van der Waals surface area contributed by atoms with Crippen LogP contribution in [-0.4, -0.2) is 6.18 Å². The van der Waals surface area contributed by atoms with Crippen molar-refractivity contribution in [3.63, 3.8) is 0 Å². The maximum Gasteiger partial charge on any atom is 0.394 e. The highest BCUT2D eigenvalue weighted by molar-refractivity contribution is 5.12. The van der Waals surface area contributed by atoms with Gasteiger partial charge in [0.25, 0.3) is 0 Å². The second-order valence-corrected chi connectivity index (χ2v) is 4.43. The SMILES string of the molecule is CC.CC1[C@H]2CC[C@@H]1C2(C)C(F)(F)F. The maximum absolute atomic E-state index is 12.6. The minimum atomic E-state index is -3.98. The molecule has 0 nitrogen and oxygen atoms in total. The number of hydrogen-bond donors (Lipinski definition) is 0. The molecular formula is C11H19F3. The van der Waals surface area contributed by atoms with Gasteiger partial charge >= 0.3 is 6.18 Å². The van der Waals surface area contributed by atoms with Crippen LogP contribution in [0.15, 0.2) is 0 Å². The van der Waals surface area contributed by atoms with Crippen LogP contribution in [0.25, 0.3) is 0 Å². The van der Waals surface area contributed by atoms with Crippen molar-refractivity contribution in [3.05, 3.63) is 0 Å². The van der Waals surface area contributed by atoms with E-state index >= 15 is 0 Å². The summed E-state index contributed by atoms with van der Waals surface area (Å²) in [7, 11) is 0. The molecule has 4 atom stereocenters. The van der Waals surface area contributed by atoms with Crippen molar-refractivity contribution in [1.29, 1.82) is 0 Å². The Bertz CT molecular complexity index is 195. The molecule has 0 spiro atoms. The summed E-state index contributed by atoms with van der Waals surface area (Å²) in [5.74, 6) is 0.113. The van der Waals surface area contributed by atoms with Crippen molar-refractivity contribution < 1.29 is 13.2 Å². The summed E-state index contributed by atoms with van der Waals surface area (Å²) in [6.45, 7) is 7.35. The summed E-state index contributed by atoms with van der Waals surface area (Å²) in [5.41, 5.74) is -1.34. The maximum atomic E-state index is 12.6. The normalized spacial score (nSPS) is 45.2. The van der Waals surface area contributed by atoms with Crippen LogP contribution in [0.1, 0.15) is 40.5 Å². The Morgan fingerprint density at radius 2 is 1.43 bits per heavy atom. The van der Waals surface area contributed by atoms with Gasteiger partial charge in [0.2, 0.25) is 0 Å². The average molecular weight is 208 g/mol. The monoisotopic (exact) mass is 208 g/mol. The van der Waals surface area contributed by atoms with Gasteiger partial charge in [-0.05, 0) is 30.6 Å². The molecule has 0 radical (unpaired) electrons. The molecule has 3 aliphatic carbocycles. The zero-order chi connectivity index (χ0) is 11.1. The molecule has 3 aliphatic rings. The first kappa shape index (κ1) is 11.9. The number of rotatable bonds is 0. The number of fused-ring (bicyclic) bond motifs is 1. The average Bonchev–Trinajstić information content (AvgIpc) is 2.66. The van der Waals surface area contributed by atoms with Crippen molar-refractivity contribution in [1.82, 2.24) is 0 Å². The third-order valence-corrected chi connectivity index (χ3v) is 4.21. The predicted octanol–water partition coefficient (Wildman–Crippen LogP) is 4.26. The standard InChI is InChI=1S/C9H13F3.C2H6/c1-5-6-3-4-7(5)8(6,2)9(10,11)12;1-2/h5-7H,3-4H2,1-2H3;1-2H3/t5?,6-,7+,8?;. The van der Waals surface area contributed by atoms with Gasteiger partial charge in [0.15, 0.2) is 0 Å². The molecule has 14 heavy (non-hydrogen) atoms. The smallest absolute Gasteiger partial charge is 0.170 e. The fourth-order valence-electron chi connectivity index (χ4n) is 3.43. The lowest BCUT2D eigenvalue weighted by molar-refractivity contribution is -0.291. The van der Waals surface area contributed by atoms with Gasteiger partial charge < -0.3 is 0 Å². The molecule has 0 aromatic carbocycles. The van der Waals surface area contributed by atoms with E-state index in [0.717, 1.165) is 12.8 Å². The zero-order valence-corrected chi connectivity index (χ0v) is 9.28. The minimum Gasteiger partial charge on any atom is -0.170 e. The Hall–Kier alpha value is -0.210. The Balaban J connectivity index is 0.000000461. The fourth-order valence-corrected chi connectivity index (χ4v) is 3.43. The molecule has 0 aromatic rings. The van der Waals surface area contributed by atoms with E-state index in [0.29, 0.717) is 5.92 Å². The first-order valence-electron chi connectivity index (χ1n) is 5.45. The van der Waals surface area contributed by atoms with Crippen molar-refractivity contribution in [2.24, 2.45) is 23.2 Å². The Morgan fingerprint density at radius 1 is 1.07 bits per heavy atom. The van der Waals surface area contributed by atoms with E-state index in [1.54, 1.807) is 0 Å². The topological polar surface area (TPSA) is 0 Å². The van der Waals surface area contributed by atoms with E-state index in [4.69, 9.17) is 0 Å². The molecule has 0 aliphatic heterocycles. The predicted molar refractivity (Wildman–Crippen MR) is 50.9 cm³/mol. The Labute approximate surface area is 83.9 Å². The molecule has 0 heterocycles. The molecule has 0 saturated heterocycles. The molecule has 2 bridgehead atoms. The second kappa shape index (κ2) is 3.42. The first-order chi connectivity index (χ1) is 6.39. The second-order valence-electron chi connectivity index (χ2n) is 4.43. The van der Waals surface area contributed by atoms with Gasteiger partial charge in [-0.1, -0.05) is 27.7 Å². The Kier molecular flexibility index (Phi) is 2.90. The Morgan fingerprint density at radius 3 is 1.57 bits per heavy atom. The quantitative estimate of drug-likeness (QED) is 0.558. The third-order valence-electron chi connectivity index (χ3n) is 4.21. The van der Waals surface area contributed by atoms with E-state index < -0.39 is 11.6 Å². The summed E-state index contributed by atoms with van der Waals surface area (Å²) in [5, 5.41) is 0. The number of alkyl halides is 3. The van der Waals surface area contributed by atoms with E-state index in [-0.39, 0.29) is 11.8 Å². The van der Waals surface area contributed by atoms with Crippen molar-refractivity contribution in [3.8, 4) is 0 Å². The van der Waals surface area contributed by atoms with Gasteiger partial charge in [-0.3, -0.25) is 0 Å². The van der Waals surface area contributed by atoms with Crippen LogP contribution in [-0.2, 0) is 0 Å². The van der Waals surface area contributed by atoms with Crippen LogP contribution in [0.5, 0.6) is 0 Å². The highest BCUT2D eigenvalue weighted by Gasteiger charge is 2.72. The van der Waals surface area contributed by atoms with Gasteiger partial charge in [0.1, 0.15) is 0 Å². The van der Waals surface area contributed by atoms with Gasteiger partial charge in [0.05, 0.1) is 5.41 Å². The van der Waals surface area contributed by atoms with E-state index in [2.05, 4.69) is 0 Å². The van der Waals surface area contributed by atoms with E-state index in [9.17, 15) is 13.2 Å². The molecule has 3 saturated carbocycles. The van der Waals surface area contributed by atoms with E-state index in [1.165, 1.54) is 6.92 Å². The molecule has 0 aromatic heterocycles. The molecule has 3 heteroatoms. The molecule has 2 unspecified atom stereocenters. The van der Waals surface area contributed by atoms with Crippen LogP contribution < -0.4 is 0 Å². The zero-order valence-electron chi connectivity index (χ0n) is 9.28. The lowest BCUT2D eigenvalue weighted by atomic mass is 9.53. The van der Waals surface area contributed by atoms with Crippen LogP contribution in [0.4, 0.5) is 13.2 Å². The first-order valence-corrected chi connectivity index (χ1v) is 5.45. The van der Waals surface area contributed by atoms with Gasteiger partial charge in [-0.25, -0.2) is 0 Å². The number of halogens is 3. The lowest BCUT2D eigenvalue weighted by Crippen LogP contribution is -2.56. The third kappa shape index (κ3) is 1.20. The highest BCUT2D eigenvalue weighted by Crippen LogP contribution is 2.71. The van der Waals surface area contributed by atoms with Crippen molar-refractivity contribution >= 4 is 0 Å². The summed E-state index contributed by atoms with van der Waals surface area (Å²) in [4.78, 5) is 0. The van der Waals surface area contributed by atoms with Gasteiger partial charge in [-0.15, -0.1) is 0 Å². The lowest BCUT2D eigenvalue weighted by Gasteiger charge is -2.53. The molecule has 0 amide bonds.